The van der Waals surface area contributed by atoms with Crippen molar-refractivity contribution in [3.63, 3.8) is 0 Å². The molecule has 0 N–H and O–H groups in total. The van der Waals surface area contributed by atoms with Gasteiger partial charge in [0.2, 0.25) is 5.95 Å². The van der Waals surface area contributed by atoms with Gasteiger partial charge in [0.15, 0.2) is 0 Å². The Kier molecular flexibility index (Phi) is 5.82. The van der Waals surface area contributed by atoms with Crippen LogP contribution < -0.4 is 9.64 Å². The summed E-state index contributed by atoms with van der Waals surface area (Å²) in [6, 6.07) is 9.60. The highest BCUT2D eigenvalue weighted by Crippen LogP contribution is 2.21. The van der Waals surface area contributed by atoms with E-state index >= 15 is 0 Å². The third-order valence-corrected chi connectivity index (χ3v) is 4.34. The highest BCUT2D eigenvalue weighted by atomic mass is 16.6. The normalized spacial score (nSPS) is 15.0. The van der Waals surface area contributed by atoms with E-state index in [1.165, 1.54) is 0 Å². The molecule has 1 aromatic carbocycles. The van der Waals surface area contributed by atoms with E-state index < -0.39 is 0 Å². The fourth-order valence-electron chi connectivity index (χ4n) is 2.90. The predicted molar refractivity (Wildman–Crippen MR) is 94.6 cm³/mol. The first-order valence-corrected chi connectivity index (χ1v) is 8.61. The third-order valence-electron chi connectivity index (χ3n) is 4.34. The van der Waals surface area contributed by atoms with Crippen molar-refractivity contribution in [3.05, 3.63) is 48.3 Å². The van der Waals surface area contributed by atoms with Crippen LogP contribution in [0, 0.1) is 12.8 Å². The molecule has 2 heterocycles. The monoisotopic (exact) mass is 341 g/mol. The molecule has 0 radical (unpaired) electrons. The number of carbonyl (C=O) groups excluding carboxylic acids is 1. The van der Waals surface area contributed by atoms with Gasteiger partial charge in [0.25, 0.3) is 0 Å². The molecule has 3 rings (SSSR count). The number of esters is 1. The van der Waals surface area contributed by atoms with Crippen LogP contribution in [0.1, 0.15) is 18.4 Å². The van der Waals surface area contributed by atoms with Crippen molar-refractivity contribution in [1.29, 1.82) is 0 Å². The maximum absolute atomic E-state index is 12.2. The SMILES string of the molecule is Cc1ccccc1OCCOC(=O)C1CCN(c2ncccn2)CC1. The Hall–Kier alpha value is -2.63. The van der Waals surface area contributed by atoms with Crippen LogP contribution >= 0.6 is 0 Å². The molecule has 0 aliphatic carbocycles. The molecule has 1 aliphatic heterocycles. The van der Waals surface area contributed by atoms with E-state index in [0.29, 0.717) is 6.61 Å². The number of aromatic nitrogens is 2. The first-order chi connectivity index (χ1) is 12.2. The van der Waals surface area contributed by atoms with E-state index in [0.717, 1.165) is 43.2 Å². The van der Waals surface area contributed by atoms with Gasteiger partial charge >= 0.3 is 5.97 Å². The van der Waals surface area contributed by atoms with Gasteiger partial charge in [0.1, 0.15) is 19.0 Å². The fraction of sp³-hybridized carbons (Fsp3) is 0.421. The zero-order valence-corrected chi connectivity index (χ0v) is 14.4. The summed E-state index contributed by atoms with van der Waals surface area (Å²) in [5.74, 6) is 1.36. The number of carbonyl (C=O) groups is 1. The number of ether oxygens (including phenoxy) is 2. The smallest absolute Gasteiger partial charge is 0.309 e. The zero-order valence-electron chi connectivity index (χ0n) is 14.4. The van der Waals surface area contributed by atoms with Gasteiger partial charge in [0, 0.05) is 25.5 Å². The van der Waals surface area contributed by atoms with Gasteiger partial charge in [0.05, 0.1) is 5.92 Å². The topological polar surface area (TPSA) is 64.6 Å². The Balaban J connectivity index is 1.37. The summed E-state index contributed by atoms with van der Waals surface area (Å²) in [6.45, 7) is 4.17. The van der Waals surface area contributed by atoms with Gasteiger partial charge < -0.3 is 14.4 Å². The number of hydrogen-bond acceptors (Lipinski definition) is 6. The molecule has 6 heteroatoms. The first-order valence-electron chi connectivity index (χ1n) is 8.61. The van der Waals surface area contributed by atoms with E-state index in [9.17, 15) is 4.79 Å². The molecule has 6 nitrogen and oxygen atoms in total. The number of aryl methyl sites for hydroxylation is 1. The molecular weight excluding hydrogens is 318 g/mol. The molecule has 0 amide bonds. The van der Waals surface area contributed by atoms with Crippen LogP contribution in [0.25, 0.3) is 0 Å². The van der Waals surface area contributed by atoms with Crippen molar-refractivity contribution in [2.24, 2.45) is 5.92 Å². The van der Waals surface area contributed by atoms with Crippen molar-refractivity contribution in [1.82, 2.24) is 9.97 Å². The molecule has 1 fully saturated rings. The summed E-state index contributed by atoms with van der Waals surface area (Å²) >= 11 is 0. The van der Waals surface area contributed by atoms with E-state index in [1.807, 2.05) is 31.2 Å². The molecule has 2 aromatic rings. The standard InChI is InChI=1S/C19H23N3O3/c1-15-5-2-3-6-17(15)24-13-14-25-18(23)16-7-11-22(12-8-16)19-20-9-4-10-21-19/h2-6,9-10,16H,7-8,11-14H2,1H3. The number of para-hydroxylation sites is 1. The second-order valence-electron chi connectivity index (χ2n) is 6.09. The molecule has 132 valence electrons. The van der Waals surface area contributed by atoms with E-state index in [1.54, 1.807) is 18.5 Å². The molecule has 25 heavy (non-hydrogen) atoms. The lowest BCUT2D eigenvalue weighted by Crippen LogP contribution is -2.38. The van der Waals surface area contributed by atoms with Gasteiger partial charge in [-0.25, -0.2) is 9.97 Å². The number of nitrogens with zero attached hydrogens (tertiary/aromatic N) is 3. The van der Waals surface area contributed by atoms with Gasteiger partial charge in [-0.3, -0.25) is 4.79 Å². The molecule has 1 aromatic heterocycles. The lowest BCUT2D eigenvalue weighted by atomic mass is 9.97. The van der Waals surface area contributed by atoms with Crippen molar-refractivity contribution in [2.45, 2.75) is 19.8 Å². The Morgan fingerprint density at radius 3 is 2.56 bits per heavy atom. The van der Waals surface area contributed by atoms with Crippen LogP contribution in [0.2, 0.25) is 0 Å². The number of piperidine rings is 1. The minimum absolute atomic E-state index is 0.0570. The Bertz CT molecular complexity index is 685. The summed E-state index contributed by atoms with van der Waals surface area (Å²) in [4.78, 5) is 22.8. The molecule has 0 spiro atoms. The number of anilines is 1. The van der Waals surface area contributed by atoms with Crippen LogP contribution in [0.4, 0.5) is 5.95 Å². The zero-order chi connectivity index (χ0) is 17.5. The molecule has 0 unspecified atom stereocenters. The molecule has 0 saturated carbocycles. The molecule has 1 saturated heterocycles. The maximum atomic E-state index is 12.2. The predicted octanol–water partition coefficient (Wildman–Crippen LogP) is 2.62. The van der Waals surface area contributed by atoms with Crippen LogP contribution in [0.3, 0.4) is 0 Å². The molecule has 0 bridgehead atoms. The van der Waals surface area contributed by atoms with Crippen molar-refractivity contribution >= 4 is 11.9 Å². The average Bonchev–Trinajstić information content (AvgIpc) is 2.67. The lowest BCUT2D eigenvalue weighted by molar-refractivity contribution is -0.150. The summed E-state index contributed by atoms with van der Waals surface area (Å²) < 4.78 is 11.0. The quantitative estimate of drug-likeness (QED) is 0.594. The highest BCUT2D eigenvalue weighted by molar-refractivity contribution is 5.72. The highest BCUT2D eigenvalue weighted by Gasteiger charge is 2.27. The number of hydrogen-bond donors (Lipinski definition) is 0. The van der Waals surface area contributed by atoms with Crippen molar-refractivity contribution in [2.75, 3.05) is 31.2 Å². The second-order valence-corrected chi connectivity index (χ2v) is 6.09. The minimum Gasteiger partial charge on any atom is -0.490 e. The Morgan fingerprint density at radius 1 is 1.12 bits per heavy atom. The van der Waals surface area contributed by atoms with Crippen LogP contribution in [-0.2, 0) is 9.53 Å². The van der Waals surface area contributed by atoms with Gasteiger partial charge in [-0.1, -0.05) is 18.2 Å². The van der Waals surface area contributed by atoms with Gasteiger partial charge in [-0.15, -0.1) is 0 Å². The first kappa shape index (κ1) is 17.2. The Morgan fingerprint density at radius 2 is 1.84 bits per heavy atom. The molecular formula is C19H23N3O3. The third kappa shape index (κ3) is 4.68. The average molecular weight is 341 g/mol. The van der Waals surface area contributed by atoms with E-state index in [2.05, 4.69) is 14.9 Å². The van der Waals surface area contributed by atoms with Crippen LogP contribution in [0.15, 0.2) is 42.7 Å². The summed E-state index contributed by atoms with van der Waals surface area (Å²) in [6.07, 6.45) is 4.99. The summed E-state index contributed by atoms with van der Waals surface area (Å²) in [5.41, 5.74) is 1.07. The Labute approximate surface area is 147 Å². The molecule has 1 aliphatic rings. The minimum atomic E-state index is -0.137. The van der Waals surface area contributed by atoms with Crippen molar-refractivity contribution in [3.8, 4) is 5.75 Å². The van der Waals surface area contributed by atoms with Crippen molar-refractivity contribution < 1.29 is 14.3 Å². The van der Waals surface area contributed by atoms with Gasteiger partial charge in [-0.05, 0) is 37.5 Å². The van der Waals surface area contributed by atoms with Crippen LogP contribution in [0.5, 0.6) is 5.75 Å². The van der Waals surface area contributed by atoms with E-state index in [-0.39, 0.29) is 18.5 Å². The van der Waals surface area contributed by atoms with Gasteiger partial charge in [-0.2, -0.15) is 0 Å². The summed E-state index contributed by atoms with van der Waals surface area (Å²) in [5, 5.41) is 0. The summed E-state index contributed by atoms with van der Waals surface area (Å²) in [7, 11) is 0. The number of benzene rings is 1. The lowest BCUT2D eigenvalue weighted by Gasteiger charge is -2.30. The van der Waals surface area contributed by atoms with E-state index in [4.69, 9.17) is 9.47 Å². The molecule has 0 atom stereocenters. The second kappa shape index (κ2) is 8.46. The number of rotatable bonds is 6. The largest absolute Gasteiger partial charge is 0.490 e. The fourth-order valence-corrected chi connectivity index (χ4v) is 2.90. The van der Waals surface area contributed by atoms with Crippen LogP contribution in [-0.4, -0.2) is 42.2 Å². The maximum Gasteiger partial charge on any atom is 0.309 e.